The zero-order chi connectivity index (χ0) is 26.7. The molecule has 0 aliphatic carbocycles. The quantitative estimate of drug-likeness (QED) is 0.454. The van der Waals surface area contributed by atoms with Crippen LogP contribution in [0.4, 0.5) is 5.69 Å². The number of carbonyl (C=O) groups excluding carboxylic acids is 2. The molecule has 4 rings (SSSR count). The van der Waals surface area contributed by atoms with E-state index in [-0.39, 0.29) is 17.9 Å². The third-order valence-corrected chi connectivity index (χ3v) is 8.07. The standard InChI is InChI=1S/C28H35Cl3N4O2/c1-18(2)14-24(32)22-16-20(29)7-8-25(22)33-10-12-34(13-11-33)28(37)26(35-9-3-4-27(35)36)15-19-5-6-21(30)17-23(19)31/h5-8,16-18,24,26H,3-4,9-15,32H2,1-2H3. The van der Waals surface area contributed by atoms with Crippen molar-refractivity contribution < 1.29 is 9.59 Å². The largest absolute Gasteiger partial charge is 0.368 e. The molecule has 2 N–H and O–H groups in total. The van der Waals surface area contributed by atoms with Crippen molar-refractivity contribution in [1.82, 2.24) is 9.80 Å². The van der Waals surface area contributed by atoms with Crippen molar-refractivity contribution in [2.24, 2.45) is 11.7 Å². The minimum atomic E-state index is -0.578. The molecular formula is C28H35Cl3N4O2. The van der Waals surface area contributed by atoms with Crippen LogP contribution in [-0.4, -0.2) is 60.4 Å². The van der Waals surface area contributed by atoms with Crippen molar-refractivity contribution in [3.63, 3.8) is 0 Å². The number of likely N-dealkylation sites (tertiary alicyclic amines) is 1. The van der Waals surface area contributed by atoms with E-state index in [1.165, 1.54) is 0 Å². The van der Waals surface area contributed by atoms with E-state index in [1.807, 2.05) is 29.2 Å². The van der Waals surface area contributed by atoms with Crippen LogP contribution in [0.5, 0.6) is 0 Å². The van der Waals surface area contributed by atoms with E-state index in [0.717, 1.165) is 29.7 Å². The summed E-state index contributed by atoms with van der Waals surface area (Å²) in [7, 11) is 0. The van der Waals surface area contributed by atoms with Crippen LogP contribution in [0.3, 0.4) is 0 Å². The molecule has 200 valence electrons. The molecule has 2 atom stereocenters. The van der Waals surface area contributed by atoms with Crippen LogP contribution in [0.15, 0.2) is 36.4 Å². The number of nitrogens with two attached hydrogens (primary N) is 1. The Morgan fingerprint density at radius 1 is 0.973 bits per heavy atom. The van der Waals surface area contributed by atoms with E-state index >= 15 is 0 Å². The molecule has 2 fully saturated rings. The first-order valence-electron chi connectivity index (χ1n) is 13.0. The zero-order valence-corrected chi connectivity index (χ0v) is 23.7. The van der Waals surface area contributed by atoms with Gasteiger partial charge in [0.25, 0.3) is 0 Å². The van der Waals surface area contributed by atoms with Gasteiger partial charge in [0.2, 0.25) is 11.8 Å². The number of carbonyl (C=O) groups is 2. The fourth-order valence-corrected chi connectivity index (χ4v) is 6.01. The maximum Gasteiger partial charge on any atom is 0.245 e. The molecule has 2 heterocycles. The molecule has 2 aliphatic rings. The van der Waals surface area contributed by atoms with Crippen LogP contribution in [0, 0.1) is 5.92 Å². The second kappa shape index (κ2) is 12.2. The van der Waals surface area contributed by atoms with Crippen LogP contribution < -0.4 is 10.6 Å². The van der Waals surface area contributed by atoms with Gasteiger partial charge in [-0.2, -0.15) is 0 Å². The number of amides is 2. The molecule has 2 unspecified atom stereocenters. The van der Waals surface area contributed by atoms with E-state index in [2.05, 4.69) is 18.7 Å². The van der Waals surface area contributed by atoms with Crippen molar-refractivity contribution in [3.05, 3.63) is 62.6 Å². The van der Waals surface area contributed by atoms with Gasteiger partial charge in [0.1, 0.15) is 6.04 Å². The highest BCUT2D eigenvalue weighted by atomic mass is 35.5. The number of hydrogen-bond acceptors (Lipinski definition) is 4. The first kappa shape index (κ1) is 28.0. The fourth-order valence-electron chi connectivity index (χ4n) is 5.35. The summed E-state index contributed by atoms with van der Waals surface area (Å²) in [4.78, 5) is 32.3. The van der Waals surface area contributed by atoms with Crippen molar-refractivity contribution in [2.45, 2.75) is 51.6 Å². The SMILES string of the molecule is CC(C)CC(N)c1cc(Cl)ccc1N1CCN(C(=O)C(Cc2ccc(Cl)cc2Cl)N2CCCC2=O)CC1. The molecule has 37 heavy (non-hydrogen) atoms. The second-order valence-corrected chi connectivity index (χ2v) is 11.7. The summed E-state index contributed by atoms with van der Waals surface area (Å²) in [6, 6.07) is 10.5. The van der Waals surface area contributed by atoms with Crippen LogP contribution in [0.2, 0.25) is 15.1 Å². The lowest BCUT2D eigenvalue weighted by molar-refractivity contribution is -0.143. The topological polar surface area (TPSA) is 69.9 Å². The lowest BCUT2D eigenvalue weighted by atomic mass is 9.95. The molecule has 0 aromatic heterocycles. The Bertz CT molecular complexity index is 1130. The highest BCUT2D eigenvalue weighted by Gasteiger charge is 2.37. The molecule has 0 saturated carbocycles. The Kier molecular flexibility index (Phi) is 9.28. The van der Waals surface area contributed by atoms with Crippen LogP contribution in [0.25, 0.3) is 0 Å². The molecule has 0 bridgehead atoms. The summed E-state index contributed by atoms with van der Waals surface area (Å²) in [6.07, 6.45) is 2.47. The summed E-state index contributed by atoms with van der Waals surface area (Å²) in [5, 5.41) is 1.72. The minimum Gasteiger partial charge on any atom is -0.368 e. The Balaban J connectivity index is 1.50. The summed E-state index contributed by atoms with van der Waals surface area (Å²) >= 11 is 18.8. The number of rotatable bonds is 8. The first-order valence-corrected chi connectivity index (χ1v) is 14.1. The number of benzene rings is 2. The van der Waals surface area contributed by atoms with E-state index < -0.39 is 6.04 Å². The van der Waals surface area contributed by atoms with E-state index in [4.69, 9.17) is 40.5 Å². The number of halogens is 3. The van der Waals surface area contributed by atoms with Gasteiger partial charge in [-0.1, -0.05) is 54.7 Å². The fraction of sp³-hybridized carbons (Fsp3) is 0.500. The van der Waals surface area contributed by atoms with Gasteiger partial charge in [-0.15, -0.1) is 0 Å². The molecule has 2 aliphatic heterocycles. The van der Waals surface area contributed by atoms with Gasteiger partial charge >= 0.3 is 0 Å². The molecule has 2 saturated heterocycles. The Morgan fingerprint density at radius 3 is 2.27 bits per heavy atom. The molecular weight excluding hydrogens is 531 g/mol. The van der Waals surface area contributed by atoms with Crippen LogP contribution in [0.1, 0.15) is 50.3 Å². The maximum absolute atomic E-state index is 13.8. The highest BCUT2D eigenvalue weighted by Crippen LogP contribution is 2.32. The average molecular weight is 566 g/mol. The summed E-state index contributed by atoms with van der Waals surface area (Å²) in [5.41, 5.74) is 9.49. The van der Waals surface area contributed by atoms with Gasteiger partial charge in [0.05, 0.1) is 0 Å². The van der Waals surface area contributed by atoms with Crippen molar-refractivity contribution >= 4 is 52.3 Å². The Morgan fingerprint density at radius 2 is 1.65 bits per heavy atom. The lowest BCUT2D eigenvalue weighted by Crippen LogP contribution is -2.56. The van der Waals surface area contributed by atoms with Gasteiger partial charge in [-0.25, -0.2) is 0 Å². The summed E-state index contributed by atoms with van der Waals surface area (Å²) in [5.74, 6) is 0.455. The van der Waals surface area contributed by atoms with Crippen LogP contribution >= 0.6 is 34.8 Å². The molecule has 9 heteroatoms. The molecule has 2 aromatic rings. The first-order chi connectivity index (χ1) is 17.6. The highest BCUT2D eigenvalue weighted by molar-refractivity contribution is 6.35. The normalized spacial score (nSPS) is 18.0. The number of anilines is 1. The minimum absolute atomic E-state index is 0.0204. The maximum atomic E-state index is 13.8. The van der Waals surface area contributed by atoms with Gasteiger partial charge in [0, 0.05) is 72.4 Å². The third kappa shape index (κ3) is 6.72. The van der Waals surface area contributed by atoms with Gasteiger partial charge in [0.15, 0.2) is 0 Å². The second-order valence-electron chi connectivity index (χ2n) is 10.4. The monoisotopic (exact) mass is 564 g/mol. The van der Waals surface area contributed by atoms with Crippen molar-refractivity contribution in [2.75, 3.05) is 37.6 Å². The number of nitrogens with zero attached hydrogens (tertiary/aromatic N) is 3. The van der Waals surface area contributed by atoms with Gasteiger partial charge in [-0.05, 0) is 60.2 Å². The summed E-state index contributed by atoms with van der Waals surface area (Å²) < 4.78 is 0. The predicted molar refractivity (Wildman–Crippen MR) is 152 cm³/mol. The van der Waals surface area contributed by atoms with Crippen molar-refractivity contribution in [3.8, 4) is 0 Å². The van der Waals surface area contributed by atoms with E-state index in [1.54, 1.807) is 17.0 Å². The van der Waals surface area contributed by atoms with E-state index in [0.29, 0.717) is 66.6 Å². The third-order valence-electron chi connectivity index (χ3n) is 7.25. The zero-order valence-electron chi connectivity index (χ0n) is 21.4. The molecule has 2 amide bonds. The Labute approximate surface area is 234 Å². The predicted octanol–water partition coefficient (Wildman–Crippen LogP) is 5.58. The van der Waals surface area contributed by atoms with Crippen LogP contribution in [-0.2, 0) is 16.0 Å². The Hall–Kier alpha value is -1.99. The molecule has 0 radical (unpaired) electrons. The number of hydrogen-bond donors (Lipinski definition) is 1. The smallest absolute Gasteiger partial charge is 0.245 e. The van der Waals surface area contributed by atoms with Gasteiger partial charge < -0.3 is 20.4 Å². The molecule has 6 nitrogen and oxygen atoms in total. The van der Waals surface area contributed by atoms with E-state index in [9.17, 15) is 9.59 Å². The van der Waals surface area contributed by atoms with Gasteiger partial charge in [-0.3, -0.25) is 9.59 Å². The molecule has 0 spiro atoms. The molecule has 2 aromatic carbocycles. The lowest BCUT2D eigenvalue weighted by Gasteiger charge is -2.40. The average Bonchev–Trinajstić information content (AvgIpc) is 3.28. The van der Waals surface area contributed by atoms with Crippen molar-refractivity contribution in [1.29, 1.82) is 0 Å². The number of piperazine rings is 1. The summed E-state index contributed by atoms with van der Waals surface area (Å²) in [6.45, 7) is 7.39.